The molecule has 2 heterocycles. The summed E-state index contributed by atoms with van der Waals surface area (Å²) in [4.78, 5) is 12.7. The molecule has 90 valence electrons. The second kappa shape index (κ2) is 3.68. The van der Waals surface area contributed by atoms with Gasteiger partial charge in [0.25, 0.3) is 0 Å². The lowest BCUT2D eigenvalue weighted by molar-refractivity contribution is 0.288. The summed E-state index contributed by atoms with van der Waals surface area (Å²) in [6.07, 6.45) is 9.50. The van der Waals surface area contributed by atoms with E-state index in [1.54, 1.807) is 0 Å². The van der Waals surface area contributed by atoms with Crippen molar-refractivity contribution in [3.05, 3.63) is 12.7 Å². The van der Waals surface area contributed by atoms with Crippen LogP contribution in [0.3, 0.4) is 0 Å². The van der Waals surface area contributed by atoms with Crippen LogP contribution in [0.4, 0.5) is 5.82 Å². The van der Waals surface area contributed by atoms with Crippen molar-refractivity contribution in [3.8, 4) is 0 Å². The Morgan fingerprint density at radius 3 is 2.76 bits per heavy atom. The molecule has 0 aromatic carbocycles. The molecule has 0 radical (unpaired) electrons. The van der Waals surface area contributed by atoms with Crippen LogP contribution in [0.25, 0.3) is 11.2 Å². The fourth-order valence-electron chi connectivity index (χ4n) is 3.00. The maximum Gasteiger partial charge on any atom is 0.165 e. The maximum absolute atomic E-state index is 5.83. The third-order valence-corrected chi connectivity index (χ3v) is 4.07. The summed E-state index contributed by atoms with van der Waals surface area (Å²) < 4.78 is 2.22. The van der Waals surface area contributed by atoms with E-state index in [1.165, 1.54) is 32.0 Å². The topological polar surface area (TPSA) is 69.6 Å². The molecule has 0 spiro atoms. The molecule has 0 atom stereocenters. The van der Waals surface area contributed by atoms with Gasteiger partial charge >= 0.3 is 0 Å². The van der Waals surface area contributed by atoms with Crippen LogP contribution < -0.4 is 5.73 Å². The van der Waals surface area contributed by atoms with Gasteiger partial charge in [0, 0.05) is 5.54 Å². The average molecular weight is 231 g/mol. The number of nitrogens with two attached hydrogens (primary N) is 1. The summed E-state index contributed by atoms with van der Waals surface area (Å²) >= 11 is 0. The first kappa shape index (κ1) is 10.5. The van der Waals surface area contributed by atoms with E-state index >= 15 is 0 Å². The van der Waals surface area contributed by atoms with Gasteiger partial charge in [-0.2, -0.15) is 0 Å². The molecule has 2 N–H and O–H groups in total. The summed E-state index contributed by atoms with van der Waals surface area (Å²) in [5.41, 5.74) is 7.62. The Kier molecular flexibility index (Phi) is 2.28. The van der Waals surface area contributed by atoms with Gasteiger partial charge in [0.1, 0.15) is 11.8 Å². The highest BCUT2D eigenvalue weighted by molar-refractivity contribution is 5.81. The smallest absolute Gasteiger partial charge is 0.165 e. The molecule has 5 nitrogen and oxygen atoms in total. The molecule has 17 heavy (non-hydrogen) atoms. The van der Waals surface area contributed by atoms with E-state index in [2.05, 4.69) is 26.4 Å². The van der Waals surface area contributed by atoms with Crippen molar-refractivity contribution >= 4 is 17.0 Å². The molecule has 2 aromatic heterocycles. The molecule has 2 aromatic rings. The molecular formula is C12H17N5. The van der Waals surface area contributed by atoms with E-state index in [0.29, 0.717) is 5.82 Å². The predicted molar refractivity (Wildman–Crippen MR) is 66.5 cm³/mol. The maximum atomic E-state index is 5.83. The normalized spacial score (nSPS) is 18.9. The summed E-state index contributed by atoms with van der Waals surface area (Å²) in [5, 5.41) is 0. The Hall–Kier alpha value is -1.65. The van der Waals surface area contributed by atoms with Crippen LogP contribution in [0.2, 0.25) is 0 Å². The number of fused-ring (bicyclic) bond motifs is 1. The molecule has 3 rings (SSSR count). The van der Waals surface area contributed by atoms with Crippen LogP contribution in [0.5, 0.6) is 0 Å². The average Bonchev–Trinajstić information content (AvgIpc) is 2.96. The number of hydrogen-bond donors (Lipinski definition) is 1. The second-order valence-electron chi connectivity index (χ2n) is 4.83. The lowest BCUT2D eigenvalue weighted by Crippen LogP contribution is -2.29. The Morgan fingerprint density at radius 2 is 2.06 bits per heavy atom. The monoisotopic (exact) mass is 231 g/mol. The van der Waals surface area contributed by atoms with Gasteiger partial charge in [0.15, 0.2) is 11.5 Å². The first-order valence-electron chi connectivity index (χ1n) is 6.21. The molecule has 1 saturated carbocycles. The zero-order valence-corrected chi connectivity index (χ0v) is 10.1. The highest BCUT2D eigenvalue weighted by Gasteiger charge is 2.35. The Labute approximate surface area is 100 Å². The van der Waals surface area contributed by atoms with Gasteiger partial charge in [-0.3, -0.25) is 0 Å². The van der Waals surface area contributed by atoms with Gasteiger partial charge in [0.05, 0.1) is 6.33 Å². The molecule has 0 unspecified atom stereocenters. The van der Waals surface area contributed by atoms with Crippen LogP contribution in [-0.2, 0) is 5.54 Å². The highest BCUT2D eigenvalue weighted by Crippen LogP contribution is 2.40. The lowest BCUT2D eigenvalue weighted by Gasteiger charge is -2.29. The molecule has 1 aliphatic carbocycles. The Bertz CT molecular complexity index is 539. The van der Waals surface area contributed by atoms with Crippen LogP contribution in [0.15, 0.2) is 12.7 Å². The summed E-state index contributed by atoms with van der Waals surface area (Å²) in [7, 11) is 0. The van der Waals surface area contributed by atoms with E-state index in [-0.39, 0.29) is 5.54 Å². The Balaban J connectivity index is 2.20. The van der Waals surface area contributed by atoms with Gasteiger partial charge in [-0.05, 0) is 19.3 Å². The van der Waals surface area contributed by atoms with Crippen molar-refractivity contribution in [1.82, 2.24) is 19.5 Å². The zero-order valence-electron chi connectivity index (χ0n) is 10.1. The van der Waals surface area contributed by atoms with Crippen molar-refractivity contribution in [2.45, 2.75) is 44.6 Å². The minimum absolute atomic E-state index is 0.190. The van der Waals surface area contributed by atoms with Gasteiger partial charge in [0.2, 0.25) is 0 Å². The number of anilines is 1. The standard InChI is InChI=1S/C12H17N5/c1-2-12(5-3-4-6-12)17-8-16-9-10(13)14-7-15-11(9)17/h7-8H,2-6H2,1H3,(H2,13,14,15). The van der Waals surface area contributed by atoms with E-state index < -0.39 is 0 Å². The number of nitrogen functional groups attached to an aromatic ring is 1. The van der Waals surface area contributed by atoms with Crippen LogP contribution in [0.1, 0.15) is 39.0 Å². The van der Waals surface area contributed by atoms with Gasteiger partial charge < -0.3 is 10.3 Å². The lowest BCUT2D eigenvalue weighted by atomic mass is 9.94. The van der Waals surface area contributed by atoms with Crippen molar-refractivity contribution in [2.24, 2.45) is 0 Å². The van der Waals surface area contributed by atoms with E-state index in [9.17, 15) is 0 Å². The molecule has 1 fully saturated rings. The quantitative estimate of drug-likeness (QED) is 0.859. The number of rotatable bonds is 2. The molecule has 1 aliphatic rings. The third-order valence-electron chi connectivity index (χ3n) is 4.07. The Morgan fingerprint density at radius 1 is 1.29 bits per heavy atom. The number of hydrogen-bond acceptors (Lipinski definition) is 4. The first-order chi connectivity index (χ1) is 8.27. The molecule has 0 saturated heterocycles. The number of nitrogens with zero attached hydrogens (tertiary/aromatic N) is 4. The van der Waals surface area contributed by atoms with Crippen LogP contribution >= 0.6 is 0 Å². The predicted octanol–water partition coefficient (Wildman–Crippen LogP) is 2.09. The fourth-order valence-corrected chi connectivity index (χ4v) is 3.00. The van der Waals surface area contributed by atoms with Crippen LogP contribution in [0, 0.1) is 0 Å². The third kappa shape index (κ3) is 1.41. The number of imidazole rings is 1. The first-order valence-corrected chi connectivity index (χ1v) is 6.21. The molecule has 0 bridgehead atoms. The fraction of sp³-hybridized carbons (Fsp3) is 0.583. The van der Waals surface area contributed by atoms with E-state index in [0.717, 1.165) is 17.6 Å². The van der Waals surface area contributed by atoms with Crippen molar-refractivity contribution in [2.75, 3.05) is 5.73 Å². The van der Waals surface area contributed by atoms with E-state index in [1.807, 2.05) is 6.33 Å². The summed E-state index contributed by atoms with van der Waals surface area (Å²) in [6.45, 7) is 2.24. The minimum atomic E-state index is 0.190. The molecule has 5 heteroatoms. The van der Waals surface area contributed by atoms with Crippen molar-refractivity contribution in [1.29, 1.82) is 0 Å². The highest BCUT2D eigenvalue weighted by atomic mass is 15.2. The molecule has 0 amide bonds. The van der Waals surface area contributed by atoms with E-state index in [4.69, 9.17) is 5.73 Å². The minimum Gasteiger partial charge on any atom is -0.382 e. The second-order valence-corrected chi connectivity index (χ2v) is 4.83. The van der Waals surface area contributed by atoms with Gasteiger partial charge in [-0.1, -0.05) is 19.8 Å². The summed E-state index contributed by atoms with van der Waals surface area (Å²) in [5.74, 6) is 0.470. The van der Waals surface area contributed by atoms with Gasteiger partial charge in [-0.15, -0.1) is 0 Å². The summed E-state index contributed by atoms with van der Waals surface area (Å²) in [6, 6.07) is 0. The molecular weight excluding hydrogens is 214 g/mol. The zero-order chi connectivity index (χ0) is 11.9. The van der Waals surface area contributed by atoms with Crippen LogP contribution in [-0.4, -0.2) is 19.5 Å². The van der Waals surface area contributed by atoms with Gasteiger partial charge in [-0.25, -0.2) is 15.0 Å². The SMILES string of the molecule is CCC1(n2cnc3c(N)ncnc32)CCCC1. The largest absolute Gasteiger partial charge is 0.382 e. The van der Waals surface area contributed by atoms with Crippen molar-refractivity contribution in [3.63, 3.8) is 0 Å². The number of aromatic nitrogens is 4. The van der Waals surface area contributed by atoms with Crippen molar-refractivity contribution < 1.29 is 0 Å². The molecule has 0 aliphatic heterocycles.